The van der Waals surface area contributed by atoms with Gasteiger partial charge in [-0.2, -0.15) is 0 Å². The summed E-state index contributed by atoms with van der Waals surface area (Å²) in [7, 11) is 0. The van der Waals surface area contributed by atoms with Crippen LogP contribution in [0.25, 0.3) is 0 Å². The SMILES string of the molecule is CCOc1c(C(C)=O)ccc(N)c1C. The van der Waals surface area contributed by atoms with Gasteiger partial charge < -0.3 is 10.5 Å². The molecule has 76 valence electrons. The number of Topliss-reactive ketones (excluding diaryl/α,β-unsaturated/α-hetero) is 1. The van der Waals surface area contributed by atoms with Gasteiger partial charge in [-0.3, -0.25) is 4.79 Å². The van der Waals surface area contributed by atoms with Gasteiger partial charge in [-0.1, -0.05) is 0 Å². The van der Waals surface area contributed by atoms with E-state index in [4.69, 9.17) is 10.5 Å². The molecule has 1 aromatic carbocycles. The first-order valence-electron chi connectivity index (χ1n) is 4.60. The van der Waals surface area contributed by atoms with Gasteiger partial charge in [0.2, 0.25) is 0 Å². The van der Waals surface area contributed by atoms with E-state index in [0.717, 1.165) is 5.56 Å². The Morgan fingerprint density at radius 3 is 2.64 bits per heavy atom. The van der Waals surface area contributed by atoms with E-state index < -0.39 is 0 Å². The van der Waals surface area contributed by atoms with Crippen molar-refractivity contribution in [2.24, 2.45) is 0 Å². The summed E-state index contributed by atoms with van der Waals surface area (Å²) >= 11 is 0. The highest BCUT2D eigenvalue weighted by Gasteiger charge is 2.12. The lowest BCUT2D eigenvalue weighted by molar-refractivity contribution is 0.101. The largest absolute Gasteiger partial charge is 0.493 e. The van der Waals surface area contributed by atoms with Crippen molar-refractivity contribution in [1.29, 1.82) is 0 Å². The summed E-state index contributed by atoms with van der Waals surface area (Å²) in [5.74, 6) is 0.608. The Morgan fingerprint density at radius 1 is 1.50 bits per heavy atom. The lowest BCUT2D eigenvalue weighted by Gasteiger charge is -2.12. The summed E-state index contributed by atoms with van der Waals surface area (Å²) < 4.78 is 5.41. The lowest BCUT2D eigenvalue weighted by atomic mass is 10.1. The summed E-state index contributed by atoms with van der Waals surface area (Å²) in [6, 6.07) is 3.43. The molecule has 0 fully saturated rings. The molecule has 1 aromatic rings. The van der Waals surface area contributed by atoms with Gasteiger partial charge in [0.05, 0.1) is 12.2 Å². The molecule has 0 saturated heterocycles. The number of hydrogen-bond acceptors (Lipinski definition) is 3. The van der Waals surface area contributed by atoms with E-state index in [1.807, 2.05) is 13.8 Å². The number of ketones is 1. The number of nitrogen functional groups attached to an aromatic ring is 1. The summed E-state index contributed by atoms with van der Waals surface area (Å²) in [6.07, 6.45) is 0. The smallest absolute Gasteiger partial charge is 0.163 e. The molecule has 0 heterocycles. The van der Waals surface area contributed by atoms with Crippen LogP contribution in [-0.4, -0.2) is 12.4 Å². The van der Waals surface area contributed by atoms with Crippen LogP contribution >= 0.6 is 0 Å². The van der Waals surface area contributed by atoms with E-state index in [1.165, 1.54) is 6.92 Å². The maximum absolute atomic E-state index is 11.3. The second kappa shape index (κ2) is 4.13. The number of benzene rings is 1. The second-order valence-electron chi connectivity index (χ2n) is 3.15. The van der Waals surface area contributed by atoms with Gasteiger partial charge in [0, 0.05) is 11.3 Å². The maximum Gasteiger partial charge on any atom is 0.163 e. The fraction of sp³-hybridized carbons (Fsp3) is 0.364. The Labute approximate surface area is 83.9 Å². The summed E-state index contributed by atoms with van der Waals surface area (Å²) in [4.78, 5) is 11.3. The molecule has 0 amide bonds. The molecule has 2 N–H and O–H groups in total. The number of rotatable bonds is 3. The van der Waals surface area contributed by atoms with Gasteiger partial charge >= 0.3 is 0 Å². The quantitative estimate of drug-likeness (QED) is 0.591. The first-order valence-corrected chi connectivity index (χ1v) is 4.60. The molecule has 0 unspecified atom stereocenters. The van der Waals surface area contributed by atoms with Crippen LogP contribution in [0.5, 0.6) is 5.75 Å². The third-order valence-electron chi connectivity index (χ3n) is 2.12. The molecule has 0 aliphatic carbocycles. The Morgan fingerprint density at radius 2 is 2.14 bits per heavy atom. The second-order valence-corrected chi connectivity index (χ2v) is 3.15. The van der Waals surface area contributed by atoms with E-state index in [2.05, 4.69) is 0 Å². The topological polar surface area (TPSA) is 52.3 Å². The molecular weight excluding hydrogens is 178 g/mol. The third kappa shape index (κ3) is 1.87. The van der Waals surface area contributed by atoms with Crippen LogP contribution < -0.4 is 10.5 Å². The number of nitrogens with two attached hydrogens (primary N) is 1. The minimum absolute atomic E-state index is 0.00319. The number of carbonyl (C=O) groups excluding carboxylic acids is 1. The average molecular weight is 193 g/mol. The fourth-order valence-electron chi connectivity index (χ4n) is 1.31. The first-order chi connectivity index (χ1) is 6.57. The summed E-state index contributed by atoms with van der Waals surface area (Å²) in [6.45, 7) is 5.79. The monoisotopic (exact) mass is 193 g/mol. The highest BCUT2D eigenvalue weighted by atomic mass is 16.5. The molecule has 14 heavy (non-hydrogen) atoms. The molecule has 0 saturated carbocycles. The van der Waals surface area contributed by atoms with Crippen molar-refractivity contribution in [2.45, 2.75) is 20.8 Å². The Bertz CT molecular complexity index is 359. The molecule has 0 aliphatic heterocycles. The number of hydrogen-bond donors (Lipinski definition) is 1. The molecule has 0 spiro atoms. The zero-order chi connectivity index (χ0) is 10.7. The zero-order valence-corrected chi connectivity index (χ0v) is 8.76. The van der Waals surface area contributed by atoms with Gasteiger partial charge in [-0.25, -0.2) is 0 Å². The molecule has 0 aromatic heterocycles. The van der Waals surface area contributed by atoms with Gasteiger partial charge in [0.15, 0.2) is 5.78 Å². The van der Waals surface area contributed by atoms with Crippen LogP contribution in [0.1, 0.15) is 29.8 Å². The molecule has 0 bridgehead atoms. The molecular formula is C11H15NO2. The van der Waals surface area contributed by atoms with E-state index >= 15 is 0 Å². The van der Waals surface area contributed by atoms with Crippen LogP contribution in [0.3, 0.4) is 0 Å². The van der Waals surface area contributed by atoms with Crippen LogP contribution in [0.15, 0.2) is 12.1 Å². The van der Waals surface area contributed by atoms with Crippen LogP contribution in [0.4, 0.5) is 5.69 Å². The van der Waals surface area contributed by atoms with Crippen LogP contribution in [-0.2, 0) is 0 Å². The van der Waals surface area contributed by atoms with Crippen LogP contribution in [0.2, 0.25) is 0 Å². The van der Waals surface area contributed by atoms with Crippen molar-refractivity contribution >= 4 is 11.5 Å². The van der Waals surface area contributed by atoms with Gasteiger partial charge in [0.1, 0.15) is 5.75 Å². The minimum atomic E-state index is -0.00319. The number of anilines is 1. The van der Waals surface area contributed by atoms with Crippen molar-refractivity contribution in [1.82, 2.24) is 0 Å². The predicted molar refractivity (Wildman–Crippen MR) is 56.8 cm³/mol. The fourth-order valence-corrected chi connectivity index (χ4v) is 1.31. The third-order valence-corrected chi connectivity index (χ3v) is 2.12. The van der Waals surface area contributed by atoms with Gasteiger partial charge in [-0.05, 0) is 32.9 Å². The predicted octanol–water partition coefficient (Wildman–Crippen LogP) is 2.18. The van der Waals surface area contributed by atoms with Crippen molar-refractivity contribution < 1.29 is 9.53 Å². The Kier molecular flexibility index (Phi) is 3.12. The normalized spacial score (nSPS) is 9.93. The molecule has 0 atom stereocenters. The van der Waals surface area contributed by atoms with Crippen molar-refractivity contribution in [3.63, 3.8) is 0 Å². The Hall–Kier alpha value is -1.51. The van der Waals surface area contributed by atoms with E-state index in [9.17, 15) is 4.79 Å². The van der Waals surface area contributed by atoms with E-state index in [0.29, 0.717) is 23.6 Å². The van der Waals surface area contributed by atoms with Crippen LogP contribution in [0, 0.1) is 6.92 Å². The lowest BCUT2D eigenvalue weighted by Crippen LogP contribution is -2.04. The molecule has 0 aliphatic rings. The van der Waals surface area contributed by atoms with Crippen molar-refractivity contribution in [3.05, 3.63) is 23.3 Å². The number of ether oxygens (including phenoxy) is 1. The van der Waals surface area contributed by atoms with E-state index in [1.54, 1.807) is 12.1 Å². The first kappa shape index (κ1) is 10.6. The standard InChI is InChI=1S/C11H15NO2/c1-4-14-11-7(2)10(12)6-5-9(11)8(3)13/h5-6H,4,12H2,1-3H3. The molecule has 3 nitrogen and oxygen atoms in total. The Balaban J connectivity index is 3.29. The number of carbonyl (C=O) groups is 1. The van der Waals surface area contributed by atoms with Crippen molar-refractivity contribution in [2.75, 3.05) is 12.3 Å². The average Bonchev–Trinajstić information content (AvgIpc) is 2.13. The molecule has 0 radical (unpaired) electrons. The molecule has 1 rings (SSSR count). The summed E-state index contributed by atoms with van der Waals surface area (Å²) in [5.41, 5.74) is 7.81. The molecule has 3 heteroatoms. The highest BCUT2D eigenvalue weighted by molar-refractivity contribution is 5.97. The zero-order valence-electron chi connectivity index (χ0n) is 8.76. The van der Waals surface area contributed by atoms with E-state index in [-0.39, 0.29) is 5.78 Å². The maximum atomic E-state index is 11.3. The van der Waals surface area contributed by atoms with Gasteiger partial charge in [-0.15, -0.1) is 0 Å². The minimum Gasteiger partial charge on any atom is -0.493 e. The van der Waals surface area contributed by atoms with Crippen molar-refractivity contribution in [3.8, 4) is 5.75 Å². The van der Waals surface area contributed by atoms with Gasteiger partial charge in [0.25, 0.3) is 0 Å². The highest BCUT2D eigenvalue weighted by Crippen LogP contribution is 2.28. The summed E-state index contributed by atoms with van der Waals surface area (Å²) in [5, 5.41) is 0.